The Hall–Kier alpha value is -0.510. The van der Waals surface area contributed by atoms with Crippen molar-refractivity contribution >= 4 is 23.1 Å². The van der Waals surface area contributed by atoms with E-state index in [1.165, 1.54) is 0 Å². The van der Waals surface area contributed by atoms with Crippen LogP contribution in [0.3, 0.4) is 0 Å². The third kappa shape index (κ3) is 4.56. The normalized spacial score (nSPS) is 11.9. The summed E-state index contributed by atoms with van der Waals surface area (Å²) >= 11 is 3.17. The number of thiophene rings is 1. The molecule has 1 rings (SSSR count). The first-order valence-electron chi connectivity index (χ1n) is 4.80. The predicted molar refractivity (Wildman–Crippen MR) is 67.5 cm³/mol. The first-order chi connectivity index (χ1) is 7.77. The number of rotatable bonds is 5. The maximum atomic E-state index is 9.17. The zero-order chi connectivity index (χ0) is 11.8. The van der Waals surface area contributed by atoms with Crippen LogP contribution in [0.1, 0.15) is 10.4 Å². The molecule has 0 saturated heterocycles. The average molecular weight is 258 g/mol. The topological polar surface area (TPSA) is 60.7 Å². The highest BCUT2D eigenvalue weighted by atomic mass is 32.2. The SMILES string of the molecule is OCC#Cc1ccsc1CSCC(O)CO. The molecule has 0 aliphatic carbocycles. The molecule has 1 aromatic rings. The minimum absolute atomic E-state index is 0.133. The number of hydrogen-bond acceptors (Lipinski definition) is 5. The van der Waals surface area contributed by atoms with Crippen molar-refractivity contribution in [1.29, 1.82) is 0 Å². The molecule has 0 radical (unpaired) electrons. The van der Waals surface area contributed by atoms with Gasteiger partial charge in [0, 0.05) is 21.9 Å². The van der Waals surface area contributed by atoms with Gasteiger partial charge in [-0.1, -0.05) is 11.8 Å². The van der Waals surface area contributed by atoms with Crippen molar-refractivity contribution < 1.29 is 15.3 Å². The fraction of sp³-hybridized carbons (Fsp3) is 0.455. The zero-order valence-corrected chi connectivity index (χ0v) is 10.4. The van der Waals surface area contributed by atoms with Crippen LogP contribution in [-0.4, -0.2) is 40.4 Å². The van der Waals surface area contributed by atoms with Crippen molar-refractivity contribution in [3.63, 3.8) is 0 Å². The summed E-state index contributed by atoms with van der Waals surface area (Å²) in [5.74, 6) is 6.78. The van der Waals surface area contributed by atoms with E-state index < -0.39 is 6.10 Å². The lowest BCUT2D eigenvalue weighted by Gasteiger charge is -2.05. The highest BCUT2D eigenvalue weighted by Crippen LogP contribution is 2.22. The molecule has 5 heteroatoms. The summed E-state index contributed by atoms with van der Waals surface area (Å²) < 4.78 is 0. The lowest BCUT2D eigenvalue weighted by molar-refractivity contribution is 0.113. The number of thioether (sulfide) groups is 1. The van der Waals surface area contributed by atoms with Gasteiger partial charge in [-0.3, -0.25) is 0 Å². The van der Waals surface area contributed by atoms with E-state index in [9.17, 15) is 0 Å². The first-order valence-corrected chi connectivity index (χ1v) is 6.84. The van der Waals surface area contributed by atoms with E-state index in [0.29, 0.717) is 5.75 Å². The van der Waals surface area contributed by atoms with Gasteiger partial charge in [0.1, 0.15) is 6.61 Å². The molecule has 0 fully saturated rings. The Bertz CT molecular complexity index is 365. The Labute approximate surface area is 103 Å². The van der Waals surface area contributed by atoms with Crippen molar-refractivity contribution in [2.45, 2.75) is 11.9 Å². The molecule has 0 bridgehead atoms. The smallest absolute Gasteiger partial charge is 0.104 e. The van der Waals surface area contributed by atoms with Gasteiger partial charge in [0.15, 0.2) is 0 Å². The summed E-state index contributed by atoms with van der Waals surface area (Å²) in [6.45, 7) is -0.333. The van der Waals surface area contributed by atoms with E-state index in [2.05, 4.69) is 11.8 Å². The molecule has 0 aliphatic rings. The molecular formula is C11H14O3S2. The summed E-state index contributed by atoms with van der Waals surface area (Å²) in [7, 11) is 0. The van der Waals surface area contributed by atoms with Crippen LogP contribution >= 0.6 is 23.1 Å². The molecule has 1 unspecified atom stereocenters. The van der Waals surface area contributed by atoms with E-state index in [1.54, 1.807) is 23.1 Å². The minimum Gasteiger partial charge on any atom is -0.394 e. The van der Waals surface area contributed by atoms with Crippen molar-refractivity contribution in [3.05, 3.63) is 21.9 Å². The van der Waals surface area contributed by atoms with Crippen molar-refractivity contribution in [2.24, 2.45) is 0 Å². The minimum atomic E-state index is -0.656. The highest BCUT2D eigenvalue weighted by molar-refractivity contribution is 7.98. The Morgan fingerprint density at radius 1 is 1.44 bits per heavy atom. The summed E-state index contributed by atoms with van der Waals surface area (Å²) in [6, 6.07) is 1.92. The first kappa shape index (κ1) is 13.6. The second-order valence-electron chi connectivity index (χ2n) is 3.07. The van der Waals surface area contributed by atoms with Crippen LogP contribution in [0.5, 0.6) is 0 Å². The highest BCUT2D eigenvalue weighted by Gasteiger charge is 2.05. The maximum absolute atomic E-state index is 9.17. The van der Waals surface area contributed by atoms with Crippen LogP contribution in [-0.2, 0) is 5.75 Å². The lowest BCUT2D eigenvalue weighted by atomic mass is 10.3. The summed E-state index contributed by atoms with van der Waals surface area (Å²) in [4.78, 5) is 1.14. The van der Waals surface area contributed by atoms with Crippen molar-refractivity contribution in [1.82, 2.24) is 0 Å². The molecule has 3 nitrogen and oxygen atoms in total. The summed E-state index contributed by atoms with van der Waals surface area (Å²) in [5, 5.41) is 28.4. The molecule has 0 amide bonds. The standard InChI is InChI=1S/C11H14O3S2/c12-4-1-2-9-3-5-16-11(9)8-15-7-10(14)6-13/h3,5,10,12-14H,4,6-8H2. The third-order valence-electron chi connectivity index (χ3n) is 1.80. The van der Waals surface area contributed by atoms with Gasteiger partial charge >= 0.3 is 0 Å². The molecule has 0 aliphatic heterocycles. The lowest BCUT2D eigenvalue weighted by Crippen LogP contribution is -2.14. The second-order valence-corrected chi connectivity index (χ2v) is 5.10. The third-order valence-corrected chi connectivity index (χ3v) is 4.02. The zero-order valence-electron chi connectivity index (χ0n) is 8.72. The Balaban J connectivity index is 2.44. The van der Waals surface area contributed by atoms with E-state index in [1.807, 2.05) is 11.4 Å². The van der Waals surface area contributed by atoms with Gasteiger partial charge in [-0.2, -0.15) is 11.8 Å². The molecule has 88 valence electrons. The predicted octanol–water partition coefficient (Wildman–Crippen LogP) is 0.678. The Morgan fingerprint density at radius 2 is 2.25 bits per heavy atom. The number of aliphatic hydroxyl groups is 3. The largest absolute Gasteiger partial charge is 0.394 e. The number of hydrogen-bond donors (Lipinski definition) is 3. The molecule has 1 heterocycles. The van der Waals surface area contributed by atoms with Crippen LogP contribution < -0.4 is 0 Å². The van der Waals surface area contributed by atoms with Crippen molar-refractivity contribution in [2.75, 3.05) is 19.0 Å². The Kier molecular flexibility index (Phi) is 6.53. The fourth-order valence-corrected chi connectivity index (χ4v) is 3.01. The van der Waals surface area contributed by atoms with Gasteiger partial charge in [0.2, 0.25) is 0 Å². The second kappa shape index (κ2) is 7.71. The maximum Gasteiger partial charge on any atom is 0.104 e. The average Bonchev–Trinajstić information content (AvgIpc) is 2.73. The van der Waals surface area contributed by atoms with Crippen LogP contribution in [0.15, 0.2) is 11.4 Å². The van der Waals surface area contributed by atoms with E-state index in [0.717, 1.165) is 16.2 Å². The van der Waals surface area contributed by atoms with Crippen LogP contribution in [0.2, 0.25) is 0 Å². The van der Waals surface area contributed by atoms with Crippen LogP contribution in [0.4, 0.5) is 0 Å². The van der Waals surface area contributed by atoms with E-state index in [4.69, 9.17) is 15.3 Å². The molecule has 0 aromatic carbocycles. The molecule has 0 spiro atoms. The van der Waals surface area contributed by atoms with Crippen molar-refractivity contribution in [3.8, 4) is 11.8 Å². The molecule has 16 heavy (non-hydrogen) atoms. The molecular weight excluding hydrogens is 244 g/mol. The van der Waals surface area contributed by atoms with Crippen LogP contribution in [0, 0.1) is 11.8 Å². The van der Waals surface area contributed by atoms with E-state index in [-0.39, 0.29) is 13.2 Å². The van der Waals surface area contributed by atoms with Gasteiger partial charge in [-0.25, -0.2) is 0 Å². The van der Waals surface area contributed by atoms with Crippen LogP contribution in [0.25, 0.3) is 0 Å². The van der Waals surface area contributed by atoms with Gasteiger partial charge in [-0.05, 0) is 11.4 Å². The number of aliphatic hydroxyl groups excluding tert-OH is 3. The summed E-state index contributed by atoms with van der Waals surface area (Å²) in [6.07, 6.45) is -0.656. The fourth-order valence-electron chi connectivity index (χ4n) is 1.04. The molecule has 0 saturated carbocycles. The monoisotopic (exact) mass is 258 g/mol. The van der Waals surface area contributed by atoms with Gasteiger partial charge in [0.05, 0.1) is 12.7 Å². The Morgan fingerprint density at radius 3 is 2.94 bits per heavy atom. The van der Waals surface area contributed by atoms with Gasteiger partial charge in [0.25, 0.3) is 0 Å². The van der Waals surface area contributed by atoms with Gasteiger partial charge in [-0.15, -0.1) is 11.3 Å². The van der Waals surface area contributed by atoms with E-state index >= 15 is 0 Å². The quantitative estimate of drug-likeness (QED) is 0.680. The van der Waals surface area contributed by atoms with Gasteiger partial charge < -0.3 is 15.3 Å². The molecule has 3 N–H and O–H groups in total. The summed E-state index contributed by atoms with van der Waals surface area (Å²) in [5.41, 5.74) is 0.935. The molecule has 1 aromatic heterocycles. The molecule has 1 atom stereocenters.